The van der Waals surface area contributed by atoms with Crippen LogP contribution in [0.4, 0.5) is 0 Å². The molecule has 1 aliphatic heterocycles. The molecule has 0 unspecified atom stereocenters. The third-order valence-corrected chi connectivity index (χ3v) is 2.51. The van der Waals surface area contributed by atoms with Gasteiger partial charge in [0.25, 0.3) is 0 Å². The molecule has 0 spiro atoms. The first kappa shape index (κ1) is 7.06. The summed E-state index contributed by atoms with van der Waals surface area (Å²) in [5.41, 5.74) is 0. The van der Waals surface area contributed by atoms with Gasteiger partial charge in [0.2, 0.25) is 0 Å². The highest BCUT2D eigenvalue weighted by Gasteiger charge is 2.10. The van der Waals surface area contributed by atoms with E-state index in [2.05, 4.69) is 15.3 Å². The molecule has 2 heterocycles. The first-order chi connectivity index (χ1) is 5.36. The number of halogens is 1. The molecule has 0 atom stereocenters. The molecule has 0 radical (unpaired) electrons. The minimum atomic E-state index is 0.566. The van der Waals surface area contributed by atoms with E-state index in [-0.39, 0.29) is 0 Å². The van der Waals surface area contributed by atoms with Gasteiger partial charge in [0.15, 0.2) is 4.47 Å². The van der Waals surface area contributed by atoms with E-state index in [0.29, 0.717) is 4.47 Å². The fourth-order valence-electron chi connectivity index (χ4n) is 0.925. The molecule has 11 heavy (non-hydrogen) atoms. The van der Waals surface area contributed by atoms with Gasteiger partial charge in [-0.1, -0.05) is 22.9 Å². The van der Waals surface area contributed by atoms with Gasteiger partial charge in [-0.15, -0.1) is 0 Å². The Morgan fingerprint density at radius 3 is 3.09 bits per heavy atom. The van der Waals surface area contributed by atoms with Crippen molar-refractivity contribution in [3.05, 3.63) is 15.5 Å². The first-order valence-corrected chi connectivity index (χ1v) is 4.46. The highest BCUT2D eigenvalue weighted by atomic mass is 35.5. The lowest BCUT2D eigenvalue weighted by Gasteiger charge is -1.93. The second-order valence-electron chi connectivity index (χ2n) is 2.13. The molecule has 2 rings (SSSR count). The number of nitrogens with zero attached hydrogens (tertiary/aromatic N) is 2. The minimum absolute atomic E-state index is 0.566. The van der Waals surface area contributed by atoms with E-state index < -0.39 is 0 Å². The molecule has 0 aromatic carbocycles. The first-order valence-electron chi connectivity index (χ1n) is 3.26. The molecule has 1 aromatic rings. The van der Waals surface area contributed by atoms with E-state index in [4.69, 9.17) is 11.6 Å². The van der Waals surface area contributed by atoms with Gasteiger partial charge in [0, 0.05) is 6.54 Å². The van der Waals surface area contributed by atoms with Crippen LogP contribution >= 0.6 is 22.9 Å². The monoisotopic (exact) mass is 187 g/mol. The van der Waals surface area contributed by atoms with Crippen molar-refractivity contribution in [1.82, 2.24) is 10.3 Å². The molecule has 0 saturated carbocycles. The SMILES string of the molecule is Clc1ncc(C2=NCCN2)s1. The molecule has 0 saturated heterocycles. The molecule has 1 aliphatic rings. The van der Waals surface area contributed by atoms with Gasteiger partial charge in [-0.25, -0.2) is 4.98 Å². The summed E-state index contributed by atoms with van der Waals surface area (Å²) in [6.07, 6.45) is 1.74. The number of aliphatic imine (C=N–C) groups is 1. The van der Waals surface area contributed by atoms with E-state index in [1.165, 1.54) is 11.3 Å². The van der Waals surface area contributed by atoms with Crippen LogP contribution in [-0.2, 0) is 0 Å². The van der Waals surface area contributed by atoms with Crippen LogP contribution in [0.1, 0.15) is 4.88 Å². The fourth-order valence-corrected chi connectivity index (χ4v) is 1.85. The van der Waals surface area contributed by atoms with Crippen molar-refractivity contribution in [1.29, 1.82) is 0 Å². The topological polar surface area (TPSA) is 37.3 Å². The third kappa shape index (κ3) is 1.36. The van der Waals surface area contributed by atoms with Crippen LogP contribution in [0, 0.1) is 0 Å². The van der Waals surface area contributed by atoms with Crippen molar-refractivity contribution in [2.24, 2.45) is 4.99 Å². The van der Waals surface area contributed by atoms with Crippen molar-refractivity contribution in [3.63, 3.8) is 0 Å². The van der Waals surface area contributed by atoms with E-state index in [1.54, 1.807) is 6.20 Å². The second kappa shape index (κ2) is 2.79. The number of hydrogen-bond acceptors (Lipinski definition) is 4. The van der Waals surface area contributed by atoms with Gasteiger partial charge in [0.05, 0.1) is 17.6 Å². The fraction of sp³-hybridized carbons (Fsp3) is 0.333. The van der Waals surface area contributed by atoms with Gasteiger partial charge in [-0.3, -0.25) is 4.99 Å². The van der Waals surface area contributed by atoms with Crippen molar-refractivity contribution >= 4 is 28.8 Å². The molecule has 0 bridgehead atoms. The summed E-state index contributed by atoms with van der Waals surface area (Å²) in [6.45, 7) is 1.77. The van der Waals surface area contributed by atoms with Crippen LogP contribution in [0.5, 0.6) is 0 Å². The van der Waals surface area contributed by atoms with E-state index in [0.717, 1.165) is 23.8 Å². The van der Waals surface area contributed by atoms with Crippen LogP contribution in [0.25, 0.3) is 0 Å². The zero-order chi connectivity index (χ0) is 7.68. The Balaban J connectivity index is 2.28. The maximum Gasteiger partial charge on any atom is 0.184 e. The summed E-state index contributed by atoms with van der Waals surface area (Å²) in [7, 11) is 0. The standard InChI is InChI=1S/C6H6ClN3S/c7-6-10-3-4(11-6)5-8-1-2-9-5/h3H,1-2H2,(H,8,9). The molecule has 0 fully saturated rings. The molecular formula is C6H6ClN3S. The molecule has 1 N–H and O–H groups in total. The average molecular weight is 188 g/mol. The van der Waals surface area contributed by atoms with Crippen molar-refractivity contribution < 1.29 is 0 Å². The minimum Gasteiger partial charge on any atom is -0.367 e. The maximum atomic E-state index is 5.66. The number of rotatable bonds is 1. The normalized spacial score (nSPS) is 16.3. The van der Waals surface area contributed by atoms with Crippen LogP contribution in [0.15, 0.2) is 11.2 Å². The Morgan fingerprint density at radius 1 is 1.64 bits per heavy atom. The quantitative estimate of drug-likeness (QED) is 0.716. The number of nitrogens with one attached hydrogen (secondary N) is 1. The predicted molar refractivity (Wildman–Crippen MR) is 46.5 cm³/mol. The molecule has 58 valence electrons. The summed E-state index contributed by atoms with van der Waals surface area (Å²) in [5.74, 6) is 0.925. The number of amidine groups is 1. The van der Waals surface area contributed by atoms with Crippen LogP contribution in [-0.4, -0.2) is 23.9 Å². The molecule has 5 heteroatoms. The third-order valence-electron chi connectivity index (χ3n) is 1.39. The average Bonchev–Trinajstić information content (AvgIpc) is 2.55. The van der Waals surface area contributed by atoms with Crippen LogP contribution < -0.4 is 5.32 Å². The smallest absolute Gasteiger partial charge is 0.184 e. The summed E-state index contributed by atoms with van der Waals surface area (Å²) in [5, 5.41) is 3.15. The zero-order valence-electron chi connectivity index (χ0n) is 5.67. The highest BCUT2D eigenvalue weighted by Crippen LogP contribution is 2.18. The summed E-state index contributed by atoms with van der Waals surface area (Å²) < 4.78 is 0.566. The lowest BCUT2D eigenvalue weighted by Crippen LogP contribution is -2.18. The Morgan fingerprint density at radius 2 is 2.55 bits per heavy atom. The van der Waals surface area contributed by atoms with E-state index >= 15 is 0 Å². The molecular weight excluding hydrogens is 182 g/mol. The predicted octanol–water partition coefficient (Wildman–Crippen LogP) is 1.15. The lowest BCUT2D eigenvalue weighted by molar-refractivity contribution is 0.960. The van der Waals surface area contributed by atoms with E-state index in [9.17, 15) is 0 Å². The number of thiazole rings is 1. The van der Waals surface area contributed by atoms with Gasteiger partial charge in [-0.2, -0.15) is 0 Å². The largest absolute Gasteiger partial charge is 0.367 e. The summed E-state index contributed by atoms with van der Waals surface area (Å²) >= 11 is 7.11. The van der Waals surface area contributed by atoms with Crippen molar-refractivity contribution in [2.45, 2.75) is 0 Å². The Labute approximate surface area is 73.1 Å². The molecule has 0 amide bonds. The summed E-state index contributed by atoms with van der Waals surface area (Å²) in [6, 6.07) is 0. The van der Waals surface area contributed by atoms with Gasteiger partial charge < -0.3 is 5.32 Å². The van der Waals surface area contributed by atoms with Crippen molar-refractivity contribution in [3.8, 4) is 0 Å². The molecule has 3 nitrogen and oxygen atoms in total. The van der Waals surface area contributed by atoms with E-state index in [1.807, 2.05) is 0 Å². The second-order valence-corrected chi connectivity index (χ2v) is 3.75. The lowest BCUT2D eigenvalue weighted by atomic mass is 10.5. The Hall–Kier alpha value is -0.610. The van der Waals surface area contributed by atoms with Crippen LogP contribution in [0.3, 0.4) is 0 Å². The summed E-state index contributed by atoms with van der Waals surface area (Å²) in [4.78, 5) is 9.18. The number of aromatic nitrogens is 1. The Kier molecular flexibility index (Phi) is 1.79. The molecule has 1 aromatic heterocycles. The zero-order valence-corrected chi connectivity index (χ0v) is 7.24. The van der Waals surface area contributed by atoms with Gasteiger partial charge >= 0.3 is 0 Å². The Bertz CT molecular complexity index is 294. The molecule has 0 aliphatic carbocycles. The van der Waals surface area contributed by atoms with Gasteiger partial charge in [-0.05, 0) is 0 Å². The maximum absolute atomic E-state index is 5.66. The van der Waals surface area contributed by atoms with Crippen LogP contribution in [0.2, 0.25) is 4.47 Å². The van der Waals surface area contributed by atoms with Crippen molar-refractivity contribution in [2.75, 3.05) is 13.1 Å². The number of hydrogen-bond donors (Lipinski definition) is 1. The van der Waals surface area contributed by atoms with Gasteiger partial charge in [0.1, 0.15) is 5.84 Å². The highest BCUT2D eigenvalue weighted by molar-refractivity contribution is 7.17.